The molecule has 92 valence electrons. The molecule has 0 aliphatic heterocycles. The first-order valence-corrected chi connectivity index (χ1v) is 7.03. The van der Waals surface area contributed by atoms with Crippen molar-refractivity contribution in [3.8, 4) is 0 Å². The van der Waals surface area contributed by atoms with Gasteiger partial charge in [0, 0.05) is 12.5 Å². The maximum Gasteiger partial charge on any atom is 0.305 e. The number of rotatable bonds is 8. The van der Waals surface area contributed by atoms with Crippen molar-refractivity contribution in [1.82, 2.24) is 5.32 Å². The molecule has 1 aliphatic rings. The lowest BCUT2D eigenvalue weighted by atomic mass is 10.1. The van der Waals surface area contributed by atoms with Crippen LogP contribution < -0.4 is 5.32 Å². The SMILES string of the molecule is CSCCCC(=O)NC(CC(=O)O)C1CC1. The molecular weight excluding hydrogens is 226 g/mol. The van der Waals surface area contributed by atoms with Crippen molar-refractivity contribution in [2.24, 2.45) is 5.92 Å². The molecule has 2 N–H and O–H groups in total. The van der Waals surface area contributed by atoms with Crippen LogP contribution in [0.4, 0.5) is 0 Å². The Bertz CT molecular complexity index is 254. The summed E-state index contributed by atoms with van der Waals surface area (Å²) in [6, 6.07) is -0.153. The second-order valence-corrected chi connectivity index (χ2v) is 5.19. The molecule has 5 heteroatoms. The Morgan fingerprint density at radius 2 is 2.19 bits per heavy atom. The Morgan fingerprint density at radius 3 is 2.69 bits per heavy atom. The molecule has 1 rings (SSSR count). The minimum absolute atomic E-state index is 0.00722. The number of thioether (sulfide) groups is 1. The molecule has 0 bridgehead atoms. The number of hydrogen-bond donors (Lipinski definition) is 2. The normalized spacial score (nSPS) is 16.8. The van der Waals surface area contributed by atoms with E-state index in [1.165, 1.54) is 0 Å². The second kappa shape index (κ2) is 6.78. The Kier molecular flexibility index (Phi) is 5.66. The zero-order valence-corrected chi connectivity index (χ0v) is 10.4. The third-order valence-electron chi connectivity index (χ3n) is 2.68. The third kappa shape index (κ3) is 5.39. The summed E-state index contributed by atoms with van der Waals surface area (Å²) in [6.07, 6.45) is 5.52. The van der Waals surface area contributed by atoms with Crippen molar-refractivity contribution in [3.63, 3.8) is 0 Å². The van der Waals surface area contributed by atoms with E-state index in [2.05, 4.69) is 5.32 Å². The van der Waals surface area contributed by atoms with Gasteiger partial charge in [-0.3, -0.25) is 9.59 Å². The molecule has 0 saturated heterocycles. The quantitative estimate of drug-likeness (QED) is 0.636. The topological polar surface area (TPSA) is 66.4 Å². The highest BCUT2D eigenvalue weighted by Crippen LogP contribution is 2.34. The van der Waals surface area contributed by atoms with Gasteiger partial charge in [0.15, 0.2) is 0 Å². The standard InChI is InChI=1S/C11H19NO3S/c1-16-6-2-3-10(13)12-9(7-11(14)15)8-4-5-8/h8-9H,2-7H2,1H3,(H,12,13)(H,14,15). The van der Waals surface area contributed by atoms with Gasteiger partial charge < -0.3 is 10.4 Å². The number of carboxylic acids is 1. The summed E-state index contributed by atoms with van der Waals surface area (Å²) in [5, 5.41) is 11.6. The summed E-state index contributed by atoms with van der Waals surface area (Å²) in [5.41, 5.74) is 0. The molecule has 1 fully saturated rings. The molecule has 0 spiro atoms. The molecule has 0 heterocycles. The average molecular weight is 245 g/mol. The van der Waals surface area contributed by atoms with Gasteiger partial charge >= 0.3 is 5.97 Å². The van der Waals surface area contributed by atoms with Crippen LogP contribution in [0.2, 0.25) is 0 Å². The summed E-state index contributed by atoms with van der Waals surface area (Å²) in [7, 11) is 0. The monoisotopic (exact) mass is 245 g/mol. The first-order valence-electron chi connectivity index (χ1n) is 5.63. The van der Waals surface area contributed by atoms with E-state index in [0.29, 0.717) is 12.3 Å². The Labute approximate surface area is 100 Å². The van der Waals surface area contributed by atoms with E-state index in [-0.39, 0.29) is 18.4 Å². The molecule has 0 radical (unpaired) electrons. The highest BCUT2D eigenvalue weighted by molar-refractivity contribution is 7.98. The van der Waals surface area contributed by atoms with Crippen LogP contribution in [0.3, 0.4) is 0 Å². The molecule has 0 aromatic rings. The van der Waals surface area contributed by atoms with E-state index in [0.717, 1.165) is 25.0 Å². The highest BCUT2D eigenvalue weighted by Gasteiger charge is 2.33. The maximum atomic E-state index is 11.5. The number of carboxylic acid groups (broad SMARTS) is 1. The Balaban J connectivity index is 2.24. The highest BCUT2D eigenvalue weighted by atomic mass is 32.2. The number of carbonyl (C=O) groups is 2. The van der Waals surface area contributed by atoms with Gasteiger partial charge in [0.05, 0.1) is 6.42 Å². The van der Waals surface area contributed by atoms with Gasteiger partial charge in [0.1, 0.15) is 0 Å². The van der Waals surface area contributed by atoms with Crippen LogP contribution in [-0.4, -0.2) is 35.0 Å². The van der Waals surface area contributed by atoms with Crippen LogP contribution in [0.5, 0.6) is 0 Å². The fourth-order valence-electron chi connectivity index (χ4n) is 1.68. The first kappa shape index (κ1) is 13.4. The summed E-state index contributed by atoms with van der Waals surface area (Å²) >= 11 is 1.72. The van der Waals surface area contributed by atoms with Crippen LogP contribution in [0.15, 0.2) is 0 Å². The molecule has 1 saturated carbocycles. The van der Waals surface area contributed by atoms with Crippen LogP contribution in [0, 0.1) is 5.92 Å². The van der Waals surface area contributed by atoms with E-state index in [4.69, 9.17) is 5.11 Å². The molecule has 0 aromatic heterocycles. The van der Waals surface area contributed by atoms with Gasteiger partial charge in [-0.2, -0.15) is 11.8 Å². The zero-order valence-electron chi connectivity index (χ0n) is 9.57. The van der Waals surface area contributed by atoms with Crippen molar-refractivity contribution in [1.29, 1.82) is 0 Å². The summed E-state index contributed by atoms with van der Waals surface area (Å²) in [4.78, 5) is 22.2. The number of amides is 1. The van der Waals surface area contributed by atoms with E-state index in [9.17, 15) is 9.59 Å². The number of nitrogens with one attached hydrogen (secondary N) is 1. The van der Waals surface area contributed by atoms with E-state index < -0.39 is 5.97 Å². The van der Waals surface area contributed by atoms with Gasteiger partial charge in [-0.05, 0) is 37.2 Å². The summed E-state index contributed by atoms with van der Waals surface area (Å²) < 4.78 is 0. The summed E-state index contributed by atoms with van der Waals surface area (Å²) in [5.74, 6) is 0.523. The van der Waals surface area contributed by atoms with Crippen LogP contribution >= 0.6 is 11.8 Å². The Hall–Kier alpha value is -0.710. The van der Waals surface area contributed by atoms with Gasteiger partial charge in [0.2, 0.25) is 5.91 Å². The van der Waals surface area contributed by atoms with Crippen molar-refractivity contribution in [3.05, 3.63) is 0 Å². The van der Waals surface area contributed by atoms with Crippen molar-refractivity contribution >= 4 is 23.6 Å². The summed E-state index contributed by atoms with van der Waals surface area (Å²) in [6.45, 7) is 0. The fraction of sp³-hybridized carbons (Fsp3) is 0.818. The minimum atomic E-state index is -0.832. The molecular formula is C11H19NO3S. The molecule has 16 heavy (non-hydrogen) atoms. The number of hydrogen-bond acceptors (Lipinski definition) is 3. The first-order chi connectivity index (χ1) is 7.63. The van der Waals surface area contributed by atoms with Gasteiger partial charge in [-0.15, -0.1) is 0 Å². The Morgan fingerprint density at radius 1 is 1.50 bits per heavy atom. The van der Waals surface area contributed by atoms with Crippen LogP contribution in [-0.2, 0) is 9.59 Å². The predicted molar refractivity (Wildman–Crippen MR) is 64.5 cm³/mol. The number of aliphatic carboxylic acids is 1. The molecule has 1 atom stereocenters. The molecule has 0 aromatic carbocycles. The molecule has 4 nitrogen and oxygen atoms in total. The van der Waals surface area contributed by atoms with Crippen molar-refractivity contribution in [2.45, 2.75) is 38.1 Å². The van der Waals surface area contributed by atoms with Gasteiger partial charge in [0.25, 0.3) is 0 Å². The van der Waals surface area contributed by atoms with E-state index in [1.807, 2.05) is 6.26 Å². The van der Waals surface area contributed by atoms with Crippen molar-refractivity contribution < 1.29 is 14.7 Å². The fourth-order valence-corrected chi connectivity index (χ4v) is 2.11. The van der Waals surface area contributed by atoms with Crippen molar-refractivity contribution in [2.75, 3.05) is 12.0 Å². The molecule has 1 aliphatic carbocycles. The predicted octanol–water partition coefficient (Wildman–Crippen LogP) is 1.50. The lowest BCUT2D eigenvalue weighted by molar-refractivity contribution is -0.137. The molecule has 1 unspecified atom stereocenters. The lowest BCUT2D eigenvalue weighted by Gasteiger charge is -2.15. The van der Waals surface area contributed by atoms with Crippen LogP contribution in [0.1, 0.15) is 32.1 Å². The van der Waals surface area contributed by atoms with Gasteiger partial charge in [-0.1, -0.05) is 0 Å². The average Bonchev–Trinajstić information content (AvgIpc) is 2.99. The third-order valence-corrected chi connectivity index (χ3v) is 3.38. The number of carbonyl (C=O) groups excluding carboxylic acids is 1. The van der Waals surface area contributed by atoms with Crippen LogP contribution in [0.25, 0.3) is 0 Å². The van der Waals surface area contributed by atoms with E-state index >= 15 is 0 Å². The van der Waals surface area contributed by atoms with Gasteiger partial charge in [-0.25, -0.2) is 0 Å². The molecule has 1 amide bonds. The second-order valence-electron chi connectivity index (χ2n) is 4.21. The minimum Gasteiger partial charge on any atom is -0.481 e. The largest absolute Gasteiger partial charge is 0.481 e. The smallest absolute Gasteiger partial charge is 0.305 e. The maximum absolute atomic E-state index is 11.5. The van der Waals surface area contributed by atoms with E-state index in [1.54, 1.807) is 11.8 Å². The lowest BCUT2D eigenvalue weighted by Crippen LogP contribution is -2.38. The zero-order chi connectivity index (χ0) is 12.0.